The Bertz CT molecular complexity index is 1120. The van der Waals surface area contributed by atoms with Gasteiger partial charge in [-0.05, 0) is 70.6 Å². The molecule has 0 amide bonds. The highest BCUT2D eigenvalue weighted by molar-refractivity contribution is 5.72. The molecular weight excluding hydrogens is 654 g/mol. The van der Waals surface area contributed by atoms with Crippen LogP contribution in [-0.2, 0) is 28.6 Å². The number of likely N-dealkylation sites (N-methyl/N-ethyl adjacent to an activating group) is 1. The number of carboxylic acid groups (broad SMARTS) is 1. The number of allylic oxidation sites excluding steroid dienone is 14. The quantitative estimate of drug-likeness (QED) is 0.0311. The van der Waals surface area contributed by atoms with Crippen LogP contribution < -0.4 is 0 Å². The minimum Gasteiger partial charge on any atom is -0.477 e. The van der Waals surface area contributed by atoms with Crippen LogP contribution in [-0.4, -0.2) is 80.6 Å². The van der Waals surface area contributed by atoms with Gasteiger partial charge >= 0.3 is 17.9 Å². The molecule has 0 aromatic heterocycles. The molecule has 8 nitrogen and oxygen atoms in total. The van der Waals surface area contributed by atoms with E-state index in [1.54, 1.807) is 0 Å². The summed E-state index contributed by atoms with van der Waals surface area (Å²) in [4.78, 5) is 36.8. The maximum absolute atomic E-state index is 12.6. The highest BCUT2D eigenvalue weighted by Gasteiger charge is 2.31. The Morgan fingerprint density at radius 2 is 1.06 bits per heavy atom. The van der Waals surface area contributed by atoms with Crippen LogP contribution in [0, 0.1) is 0 Å². The average Bonchev–Trinajstić information content (AvgIpc) is 3.09. The molecule has 0 saturated carbocycles. The lowest BCUT2D eigenvalue weighted by atomic mass is 10.1. The highest BCUT2D eigenvalue weighted by Crippen LogP contribution is 2.11. The third-order valence-electron chi connectivity index (χ3n) is 8.05. The number of aliphatic carboxylic acids is 1. The molecule has 8 heteroatoms. The van der Waals surface area contributed by atoms with E-state index in [-0.39, 0.29) is 36.7 Å². The summed E-state index contributed by atoms with van der Waals surface area (Å²) in [7, 11) is 5.48. The van der Waals surface area contributed by atoms with Crippen molar-refractivity contribution in [3.63, 3.8) is 0 Å². The second-order valence-electron chi connectivity index (χ2n) is 13.8. The van der Waals surface area contributed by atoms with Gasteiger partial charge in [0.25, 0.3) is 0 Å². The number of unbranched alkanes of at least 4 members (excludes halogenated alkanes) is 5. The SMILES string of the molecule is CC/C=C\C/C=C\C/C=C\C/C=C\CCC(=O)OC(COCCC(C(=O)O)[N+](C)(C)C)COC(=O)CCCCCCC/C=C\C/C=C\C/C=C\CC. The van der Waals surface area contributed by atoms with Crippen LogP contribution in [0.3, 0.4) is 0 Å². The average molecular weight is 727 g/mol. The van der Waals surface area contributed by atoms with Crippen molar-refractivity contribution in [2.75, 3.05) is 41.0 Å². The zero-order chi connectivity index (χ0) is 38.5. The molecule has 0 spiro atoms. The standard InChI is InChI=1S/C44H71NO7/c1-6-8-10-12-14-16-18-20-21-23-24-26-28-30-32-34-42(46)51-39-40(38-50-37-36-41(44(48)49)45(3,4)5)52-43(47)35-33-31-29-27-25-22-19-17-15-13-11-9-7-2/h8-11,14-17,20-22,25,29,31,40-41H,6-7,12-13,18-19,23-24,26-28,30,32-39H2,1-5H3/p+1/b10-8-,11-9-,16-14-,17-15-,21-20-,25-22-,31-29-. The second-order valence-corrected chi connectivity index (χ2v) is 13.8. The molecule has 0 radical (unpaired) electrons. The molecule has 1 N–H and O–H groups in total. The van der Waals surface area contributed by atoms with Gasteiger partial charge in [-0.3, -0.25) is 9.59 Å². The minimum absolute atomic E-state index is 0.0213. The van der Waals surface area contributed by atoms with Crippen LogP contribution in [0.1, 0.15) is 123 Å². The summed E-state index contributed by atoms with van der Waals surface area (Å²) < 4.78 is 17.1. The van der Waals surface area contributed by atoms with Gasteiger partial charge in [-0.15, -0.1) is 0 Å². The number of carbonyl (C=O) groups excluding carboxylic acids is 2. The first-order valence-electron chi connectivity index (χ1n) is 19.6. The fraction of sp³-hybridized carbons (Fsp3) is 0.614. The Kier molecular flexibility index (Phi) is 32.3. The summed E-state index contributed by atoms with van der Waals surface area (Å²) in [5, 5.41) is 9.59. The van der Waals surface area contributed by atoms with Gasteiger partial charge in [-0.2, -0.15) is 0 Å². The summed E-state index contributed by atoms with van der Waals surface area (Å²) in [5.41, 5.74) is 0. The van der Waals surface area contributed by atoms with Crippen molar-refractivity contribution in [3.8, 4) is 0 Å². The number of ether oxygens (including phenoxy) is 3. The van der Waals surface area contributed by atoms with E-state index in [1.165, 1.54) is 0 Å². The van der Waals surface area contributed by atoms with Gasteiger partial charge in [-0.25, -0.2) is 4.79 Å². The largest absolute Gasteiger partial charge is 0.477 e. The maximum Gasteiger partial charge on any atom is 0.362 e. The third kappa shape index (κ3) is 32.4. The number of esters is 2. The predicted octanol–water partition coefficient (Wildman–Crippen LogP) is 10.2. The molecule has 2 unspecified atom stereocenters. The first-order valence-corrected chi connectivity index (χ1v) is 19.6. The summed E-state index contributed by atoms with van der Waals surface area (Å²) in [6.45, 7) is 4.37. The van der Waals surface area contributed by atoms with Crippen LogP contribution in [0.2, 0.25) is 0 Å². The highest BCUT2D eigenvalue weighted by atomic mass is 16.6. The number of carboxylic acids is 1. The lowest BCUT2D eigenvalue weighted by Crippen LogP contribution is -2.50. The van der Waals surface area contributed by atoms with Gasteiger partial charge in [0.05, 0.1) is 34.4 Å². The maximum atomic E-state index is 12.6. The van der Waals surface area contributed by atoms with Crippen molar-refractivity contribution in [1.29, 1.82) is 0 Å². The van der Waals surface area contributed by atoms with Gasteiger partial charge < -0.3 is 23.8 Å². The van der Waals surface area contributed by atoms with Gasteiger partial charge in [-0.1, -0.05) is 118 Å². The van der Waals surface area contributed by atoms with E-state index in [0.29, 0.717) is 19.3 Å². The van der Waals surface area contributed by atoms with Crippen molar-refractivity contribution >= 4 is 17.9 Å². The molecule has 0 aromatic rings. The van der Waals surface area contributed by atoms with E-state index in [2.05, 4.69) is 86.8 Å². The molecule has 0 bridgehead atoms. The first kappa shape index (κ1) is 48.5. The molecule has 2 atom stereocenters. The van der Waals surface area contributed by atoms with Gasteiger partial charge in [0, 0.05) is 19.3 Å². The van der Waals surface area contributed by atoms with E-state index in [4.69, 9.17) is 14.2 Å². The summed E-state index contributed by atoms with van der Waals surface area (Å²) >= 11 is 0. The van der Waals surface area contributed by atoms with E-state index >= 15 is 0 Å². The zero-order valence-corrected chi connectivity index (χ0v) is 33.2. The number of carbonyl (C=O) groups is 3. The van der Waals surface area contributed by atoms with Gasteiger partial charge in [0.2, 0.25) is 0 Å². The molecule has 52 heavy (non-hydrogen) atoms. The summed E-state index contributed by atoms with van der Waals surface area (Å²) in [6, 6.07) is -0.633. The zero-order valence-electron chi connectivity index (χ0n) is 33.2. The van der Waals surface area contributed by atoms with Crippen molar-refractivity contribution in [2.24, 2.45) is 0 Å². The van der Waals surface area contributed by atoms with Crippen LogP contribution in [0.25, 0.3) is 0 Å². The van der Waals surface area contributed by atoms with Crippen molar-refractivity contribution < 1.29 is 38.2 Å². The molecule has 0 saturated heterocycles. The number of hydrogen-bond donors (Lipinski definition) is 1. The molecule has 294 valence electrons. The fourth-order valence-electron chi connectivity index (χ4n) is 5.06. The van der Waals surface area contributed by atoms with E-state index in [0.717, 1.165) is 83.5 Å². The fourth-order valence-corrected chi connectivity index (χ4v) is 5.06. The topological polar surface area (TPSA) is 99.1 Å². The molecular formula is C44H72NO7+. The Morgan fingerprint density at radius 1 is 0.577 bits per heavy atom. The summed E-state index contributed by atoms with van der Waals surface area (Å²) in [6.07, 6.45) is 43.6. The molecule has 0 fully saturated rings. The van der Waals surface area contributed by atoms with E-state index in [1.807, 2.05) is 33.3 Å². The first-order chi connectivity index (χ1) is 25.1. The van der Waals surface area contributed by atoms with Gasteiger partial charge in [0.15, 0.2) is 12.1 Å². The lowest BCUT2D eigenvalue weighted by molar-refractivity contribution is -0.887. The minimum atomic E-state index is -0.893. The van der Waals surface area contributed by atoms with E-state index in [9.17, 15) is 19.5 Å². The van der Waals surface area contributed by atoms with Crippen LogP contribution in [0.15, 0.2) is 85.1 Å². The number of quaternary nitrogens is 1. The van der Waals surface area contributed by atoms with Crippen LogP contribution >= 0.6 is 0 Å². The lowest BCUT2D eigenvalue weighted by Gasteiger charge is -2.31. The van der Waals surface area contributed by atoms with Crippen LogP contribution in [0.4, 0.5) is 0 Å². The van der Waals surface area contributed by atoms with Crippen molar-refractivity contribution in [2.45, 2.75) is 135 Å². The number of nitrogens with zero attached hydrogens (tertiary/aromatic N) is 1. The Labute approximate surface area is 316 Å². The molecule has 0 aliphatic heterocycles. The summed E-state index contributed by atoms with van der Waals surface area (Å²) in [5.74, 6) is -1.61. The monoisotopic (exact) mass is 727 g/mol. The molecule has 0 aromatic carbocycles. The Morgan fingerprint density at radius 3 is 1.58 bits per heavy atom. The number of rotatable bonds is 33. The smallest absolute Gasteiger partial charge is 0.362 e. The Hall–Kier alpha value is -3.49. The van der Waals surface area contributed by atoms with Gasteiger partial charge in [0.1, 0.15) is 6.61 Å². The second kappa shape index (κ2) is 34.6. The molecule has 0 heterocycles. The number of hydrogen-bond acceptors (Lipinski definition) is 6. The molecule has 0 aliphatic rings. The van der Waals surface area contributed by atoms with Crippen molar-refractivity contribution in [3.05, 3.63) is 85.1 Å². The normalized spacial score (nSPS) is 13.9. The molecule has 0 rings (SSSR count). The molecule has 0 aliphatic carbocycles. The van der Waals surface area contributed by atoms with Crippen LogP contribution in [0.5, 0.6) is 0 Å². The predicted molar refractivity (Wildman–Crippen MR) is 215 cm³/mol. The van der Waals surface area contributed by atoms with E-state index < -0.39 is 24.1 Å². The Balaban J connectivity index is 4.55. The van der Waals surface area contributed by atoms with Crippen molar-refractivity contribution in [1.82, 2.24) is 0 Å². The third-order valence-corrected chi connectivity index (χ3v) is 8.05.